The average Bonchev–Trinajstić information content (AvgIpc) is 2.97. The van der Waals surface area contributed by atoms with Gasteiger partial charge >= 0.3 is 5.97 Å². The summed E-state index contributed by atoms with van der Waals surface area (Å²) >= 11 is 0. The van der Waals surface area contributed by atoms with Crippen molar-refractivity contribution in [3.05, 3.63) is 65.7 Å². The third-order valence-corrected chi connectivity index (χ3v) is 5.63. The molecule has 1 aliphatic heterocycles. The van der Waals surface area contributed by atoms with Crippen LogP contribution in [-0.4, -0.2) is 38.8 Å². The molecule has 1 atom stereocenters. The van der Waals surface area contributed by atoms with E-state index < -0.39 is 28.0 Å². The zero-order valence-corrected chi connectivity index (χ0v) is 16.6. The summed E-state index contributed by atoms with van der Waals surface area (Å²) in [4.78, 5) is 28.3. The minimum absolute atomic E-state index is 0.0311. The Labute approximate surface area is 169 Å². The molecule has 8 nitrogen and oxygen atoms in total. The van der Waals surface area contributed by atoms with Crippen LogP contribution < -0.4 is 10.0 Å². The van der Waals surface area contributed by atoms with Crippen LogP contribution in [0.2, 0.25) is 0 Å². The molecule has 2 aromatic rings. The van der Waals surface area contributed by atoms with Crippen LogP contribution in [0.25, 0.3) is 0 Å². The van der Waals surface area contributed by atoms with Gasteiger partial charge in [-0.15, -0.1) is 0 Å². The zero-order chi connectivity index (χ0) is 20.9. The lowest BCUT2D eigenvalue weighted by molar-refractivity contribution is -0.154. The second kappa shape index (κ2) is 8.87. The predicted octanol–water partition coefficient (Wildman–Crippen LogP) is 1.36. The van der Waals surface area contributed by atoms with Gasteiger partial charge in [0.25, 0.3) is 15.9 Å². The number of hydrogen-bond acceptors (Lipinski definition) is 6. The molecule has 2 N–H and O–H groups in total. The number of fused-ring (bicyclic) bond motifs is 1. The van der Waals surface area contributed by atoms with Crippen LogP contribution in [0.5, 0.6) is 0 Å². The SMILES string of the molecule is C[C@@H](OC(=O)CCN=C1NS(=O)(=O)c2ccccc21)C(=O)NCc1ccccc1. The lowest BCUT2D eigenvalue weighted by atomic mass is 10.2. The number of carbonyl (C=O) groups is 2. The Bertz CT molecular complexity index is 1040. The number of amides is 1. The van der Waals surface area contributed by atoms with Crippen molar-refractivity contribution in [3.63, 3.8) is 0 Å². The van der Waals surface area contributed by atoms with Crippen LogP contribution in [0, 0.1) is 0 Å². The summed E-state index contributed by atoms with van der Waals surface area (Å²) in [6.45, 7) is 1.86. The molecule has 0 spiro atoms. The van der Waals surface area contributed by atoms with Gasteiger partial charge in [0.05, 0.1) is 17.9 Å². The van der Waals surface area contributed by atoms with Crippen molar-refractivity contribution < 1.29 is 22.7 Å². The largest absolute Gasteiger partial charge is 0.452 e. The van der Waals surface area contributed by atoms with Crippen LogP contribution in [0.3, 0.4) is 0 Å². The van der Waals surface area contributed by atoms with Gasteiger partial charge in [-0.3, -0.25) is 19.3 Å². The highest BCUT2D eigenvalue weighted by molar-refractivity contribution is 7.90. The molecule has 0 radical (unpaired) electrons. The van der Waals surface area contributed by atoms with E-state index in [-0.39, 0.29) is 23.7 Å². The fraction of sp³-hybridized carbons (Fsp3) is 0.250. The summed E-state index contributed by atoms with van der Waals surface area (Å²) in [7, 11) is -3.61. The van der Waals surface area contributed by atoms with Crippen LogP contribution >= 0.6 is 0 Å². The summed E-state index contributed by atoms with van der Waals surface area (Å²) in [5, 5.41) is 2.70. The number of carbonyl (C=O) groups excluding carboxylic acids is 2. The summed E-state index contributed by atoms with van der Waals surface area (Å²) in [5.41, 5.74) is 1.41. The van der Waals surface area contributed by atoms with E-state index in [1.807, 2.05) is 30.3 Å². The molecule has 1 aliphatic rings. The van der Waals surface area contributed by atoms with Crippen molar-refractivity contribution >= 4 is 27.7 Å². The van der Waals surface area contributed by atoms with E-state index >= 15 is 0 Å². The maximum Gasteiger partial charge on any atom is 0.308 e. The summed E-state index contributed by atoms with van der Waals surface area (Å²) in [6, 6.07) is 15.9. The Morgan fingerprint density at radius 2 is 1.79 bits per heavy atom. The number of amidine groups is 1. The van der Waals surface area contributed by atoms with E-state index in [0.29, 0.717) is 12.1 Å². The van der Waals surface area contributed by atoms with Gasteiger partial charge in [0.15, 0.2) is 6.10 Å². The first-order valence-electron chi connectivity index (χ1n) is 9.04. The molecule has 29 heavy (non-hydrogen) atoms. The number of sulfonamides is 1. The Balaban J connectivity index is 1.47. The molecule has 9 heteroatoms. The number of benzene rings is 2. The van der Waals surface area contributed by atoms with Gasteiger partial charge in [0.2, 0.25) is 0 Å². The molecule has 0 fully saturated rings. The number of nitrogens with one attached hydrogen (secondary N) is 2. The van der Waals surface area contributed by atoms with Crippen molar-refractivity contribution in [2.45, 2.75) is 30.9 Å². The van der Waals surface area contributed by atoms with Crippen LogP contribution in [0.4, 0.5) is 0 Å². The minimum atomic E-state index is -3.61. The predicted molar refractivity (Wildman–Crippen MR) is 107 cm³/mol. The molecule has 0 aromatic heterocycles. The molecule has 1 heterocycles. The molecule has 2 aromatic carbocycles. The first-order valence-corrected chi connectivity index (χ1v) is 10.5. The molecule has 0 aliphatic carbocycles. The van der Waals surface area contributed by atoms with Gasteiger partial charge in [-0.1, -0.05) is 42.5 Å². The molecule has 152 valence electrons. The van der Waals surface area contributed by atoms with Crippen molar-refractivity contribution in [3.8, 4) is 0 Å². The highest BCUT2D eigenvalue weighted by Crippen LogP contribution is 2.22. The summed E-state index contributed by atoms with van der Waals surface area (Å²) < 4.78 is 31.5. The zero-order valence-electron chi connectivity index (χ0n) is 15.8. The van der Waals surface area contributed by atoms with Gasteiger partial charge in [-0.2, -0.15) is 0 Å². The highest BCUT2D eigenvalue weighted by atomic mass is 32.2. The van der Waals surface area contributed by atoms with Crippen molar-refractivity contribution in [1.82, 2.24) is 10.0 Å². The third kappa shape index (κ3) is 5.20. The first-order chi connectivity index (χ1) is 13.9. The van der Waals surface area contributed by atoms with Gasteiger partial charge in [0.1, 0.15) is 5.84 Å². The van der Waals surface area contributed by atoms with E-state index in [2.05, 4.69) is 15.0 Å². The molecular weight excluding hydrogens is 394 g/mol. The molecule has 3 rings (SSSR count). The maximum atomic E-state index is 12.1. The fourth-order valence-electron chi connectivity index (χ4n) is 2.75. The number of esters is 1. The standard InChI is InChI=1S/C20H21N3O5S/c1-14(20(25)22-13-15-7-3-2-4-8-15)28-18(24)11-12-21-19-16-9-5-6-10-17(16)29(26,27)23-19/h2-10,14H,11-13H2,1H3,(H,21,23)(H,22,25)/t14-/m1/s1. The summed E-state index contributed by atoms with van der Waals surface area (Å²) in [5.74, 6) is -0.793. The van der Waals surface area contributed by atoms with E-state index in [1.54, 1.807) is 18.2 Å². The topological polar surface area (TPSA) is 114 Å². The number of ether oxygens (including phenoxy) is 1. The van der Waals surface area contributed by atoms with Crippen LogP contribution in [0.1, 0.15) is 24.5 Å². The van der Waals surface area contributed by atoms with Crippen molar-refractivity contribution in [2.24, 2.45) is 4.99 Å². The number of rotatable bonds is 7. The highest BCUT2D eigenvalue weighted by Gasteiger charge is 2.30. The van der Waals surface area contributed by atoms with Gasteiger partial charge in [0, 0.05) is 12.1 Å². The normalized spacial score (nSPS) is 16.5. The molecular formula is C20H21N3O5S. The maximum absolute atomic E-state index is 12.1. The minimum Gasteiger partial charge on any atom is -0.452 e. The van der Waals surface area contributed by atoms with Crippen molar-refractivity contribution in [1.29, 1.82) is 0 Å². The quantitative estimate of drug-likeness (QED) is 0.663. The van der Waals surface area contributed by atoms with E-state index in [0.717, 1.165) is 5.56 Å². The molecule has 0 saturated heterocycles. The Morgan fingerprint density at radius 1 is 1.10 bits per heavy atom. The molecule has 0 unspecified atom stereocenters. The number of aliphatic imine (C=N–C) groups is 1. The molecule has 0 saturated carbocycles. The second-order valence-corrected chi connectivity index (χ2v) is 8.07. The van der Waals surface area contributed by atoms with E-state index in [1.165, 1.54) is 13.0 Å². The fourth-order valence-corrected chi connectivity index (χ4v) is 4.00. The third-order valence-electron chi connectivity index (χ3n) is 4.24. The van der Waals surface area contributed by atoms with E-state index in [9.17, 15) is 18.0 Å². The number of nitrogens with zero attached hydrogens (tertiary/aromatic N) is 1. The molecule has 0 bridgehead atoms. The van der Waals surface area contributed by atoms with Crippen LogP contribution in [-0.2, 0) is 30.9 Å². The lowest BCUT2D eigenvalue weighted by Crippen LogP contribution is -2.35. The Morgan fingerprint density at radius 3 is 2.55 bits per heavy atom. The van der Waals surface area contributed by atoms with Crippen LogP contribution in [0.15, 0.2) is 64.5 Å². The Kier molecular flexibility index (Phi) is 6.28. The second-order valence-electron chi connectivity index (χ2n) is 6.42. The van der Waals surface area contributed by atoms with E-state index in [4.69, 9.17) is 4.74 Å². The Hall–Kier alpha value is -3.20. The first kappa shape index (κ1) is 20.5. The van der Waals surface area contributed by atoms with Crippen molar-refractivity contribution in [2.75, 3.05) is 6.54 Å². The monoisotopic (exact) mass is 415 g/mol. The van der Waals surface area contributed by atoms with Gasteiger partial charge < -0.3 is 10.1 Å². The smallest absolute Gasteiger partial charge is 0.308 e. The number of hydrogen-bond donors (Lipinski definition) is 2. The summed E-state index contributed by atoms with van der Waals surface area (Å²) in [6.07, 6.45) is -1.02. The van der Waals surface area contributed by atoms with Gasteiger partial charge in [-0.25, -0.2) is 8.42 Å². The molecule has 1 amide bonds. The lowest BCUT2D eigenvalue weighted by Gasteiger charge is -2.13. The van der Waals surface area contributed by atoms with Gasteiger partial charge in [-0.05, 0) is 24.6 Å². The average molecular weight is 415 g/mol.